The Kier molecular flexibility index (Phi) is 4.69. The summed E-state index contributed by atoms with van der Waals surface area (Å²) in [6.07, 6.45) is 4.67. The van der Waals surface area contributed by atoms with Crippen LogP contribution in [0.3, 0.4) is 0 Å². The van der Waals surface area contributed by atoms with E-state index in [9.17, 15) is 0 Å². The maximum atomic E-state index is 5.92. The van der Waals surface area contributed by atoms with Crippen LogP contribution in [0.15, 0.2) is 19.6 Å². The molecule has 96 valence electrons. The summed E-state index contributed by atoms with van der Waals surface area (Å²) >= 11 is 6.80. The number of furan rings is 1. The van der Waals surface area contributed by atoms with E-state index in [1.807, 2.05) is 6.07 Å². The van der Waals surface area contributed by atoms with Gasteiger partial charge in [0.1, 0.15) is 5.76 Å². The molecule has 1 aliphatic carbocycles. The van der Waals surface area contributed by atoms with Crippen LogP contribution in [0.2, 0.25) is 0 Å². The minimum Gasteiger partial charge on any atom is -0.452 e. The first-order valence-electron chi connectivity index (χ1n) is 5.96. The van der Waals surface area contributed by atoms with E-state index in [4.69, 9.17) is 10.2 Å². The molecule has 0 unspecified atom stereocenters. The Balaban J connectivity index is 1.90. The van der Waals surface area contributed by atoms with Gasteiger partial charge in [0.05, 0.1) is 11.0 Å². The minimum absolute atomic E-state index is 0.409. The number of hydrogen-bond donors (Lipinski definition) is 1. The molecule has 17 heavy (non-hydrogen) atoms. The van der Waals surface area contributed by atoms with E-state index < -0.39 is 0 Å². The van der Waals surface area contributed by atoms with Crippen molar-refractivity contribution in [3.05, 3.63) is 21.0 Å². The second-order valence-corrected chi connectivity index (χ2v) is 6.39. The summed E-state index contributed by atoms with van der Waals surface area (Å²) in [4.78, 5) is 2.36. The predicted octanol–water partition coefficient (Wildman–Crippen LogP) is 3.51. The molecule has 1 aromatic heterocycles. The molecular weight excluding hydrogens is 348 g/mol. The molecule has 3 nitrogen and oxygen atoms in total. The van der Waals surface area contributed by atoms with Crippen LogP contribution in [-0.4, -0.2) is 24.0 Å². The van der Waals surface area contributed by atoms with E-state index in [0.717, 1.165) is 34.3 Å². The van der Waals surface area contributed by atoms with Crippen molar-refractivity contribution in [3.8, 4) is 0 Å². The number of hydrogen-bond acceptors (Lipinski definition) is 3. The van der Waals surface area contributed by atoms with E-state index >= 15 is 0 Å². The van der Waals surface area contributed by atoms with Crippen molar-refractivity contribution in [2.24, 2.45) is 5.73 Å². The zero-order chi connectivity index (χ0) is 12.4. The number of rotatable bonds is 3. The highest BCUT2D eigenvalue weighted by Gasteiger charge is 2.22. The molecule has 0 spiro atoms. The molecule has 1 fully saturated rings. The molecule has 0 amide bonds. The summed E-state index contributed by atoms with van der Waals surface area (Å²) < 4.78 is 7.35. The van der Waals surface area contributed by atoms with Crippen LogP contribution in [0.4, 0.5) is 0 Å². The van der Waals surface area contributed by atoms with Gasteiger partial charge in [-0.3, -0.25) is 4.90 Å². The normalized spacial score (nSPS) is 25.5. The van der Waals surface area contributed by atoms with Crippen molar-refractivity contribution in [2.75, 3.05) is 7.05 Å². The molecule has 1 aliphatic rings. The third kappa shape index (κ3) is 3.56. The molecule has 5 heteroatoms. The van der Waals surface area contributed by atoms with Crippen molar-refractivity contribution in [1.82, 2.24) is 4.90 Å². The minimum atomic E-state index is 0.409. The third-order valence-corrected chi connectivity index (χ3v) is 5.18. The zero-order valence-corrected chi connectivity index (χ0v) is 13.1. The number of nitrogens with zero attached hydrogens (tertiary/aromatic N) is 1. The lowest BCUT2D eigenvalue weighted by atomic mass is 9.91. The van der Waals surface area contributed by atoms with Crippen molar-refractivity contribution in [1.29, 1.82) is 0 Å². The fourth-order valence-electron chi connectivity index (χ4n) is 2.39. The highest BCUT2D eigenvalue weighted by Crippen LogP contribution is 2.28. The average Bonchev–Trinajstić information content (AvgIpc) is 2.58. The summed E-state index contributed by atoms with van der Waals surface area (Å²) in [6, 6.07) is 3.07. The Labute approximate surface area is 119 Å². The highest BCUT2D eigenvalue weighted by molar-refractivity contribution is 9.13. The lowest BCUT2D eigenvalue weighted by Crippen LogP contribution is -2.38. The topological polar surface area (TPSA) is 42.4 Å². The van der Waals surface area contributed by atoms with Crippen molar-refractivity contribution in [2.45, 2.75) is 44.3 Å². The molecule has 2 N–H and O–H groups in total. The Morgan fingerprint density at radius 2 is 2.00 bits per heavy atom. The van der Waals surface area contributed by atoms with Crippen LogP contribution >= 0.6 is 31.9 Å². The quantitative estimate of drug-likeness (QED) is 0.891. The fraction of sp³-hybridized carbons (Fsp3) is 0.667. The fourth-order valence-corrected chi connectivity index (χ4v) is 3.05. The van der Waals surface area contributed by atoms with Crippen LogP contribution in [0.25, 0.3) is 0 Å². The molecule has 1 heterocycles. The predicted molar refractivity (Wildman–Crippen MR) is 75.8 cm³/mol. The van der Waals surface area contributed by atoms with Gasteiger partial charge >= 0.3 is 0 Å². The molecule has 0 aliphatic heterocycles. The Morgan fingerprint density at radius 1 is 1.35 bits per heavy atom. The van der Waals surface area contributed by atoms with E-state index in [1.165, 1.54) is 12.8 Å². The van der Waals surface area contributed by atoms with Crippen molar-refractivity contribution in [3.63, 3.8) is 0 Å². The molecule has 1 aromatic rings. The molecule has 0 radical (unpaired) electrons. The first-order valence-corrected chi connectivity index (χ1v) is 7.54. The van der Waals surface area contributed by atoms with Crippen LogP contribution in [0.5, 0.6) is 0 Å². The summed E-state index contributed by atoms with van der Waals surface area (Å²) in [5.41, 5.74) is 5.92. The Hall–Kier alpha value is 0.160. The SMILES string of the molecule is CN(Cc1cc(Br)c(Br)o1)C1CCC(N)CC1. The molecule has 0 aromatic carbocycles. The van der Waals surface area contributed by atoms with Gasteiger partial charge in [-0.05, 0) is 70.7 Å². The highest BCUT2D eigenvalue weighted by atomic mass is 79.9. The van der Waals surface area contributed by atoms with E-state index in [0.29, 0.717) is 12.1 Å². The van der Waals surface area contributed by atoms with Crippen molar-refractivity contribution >= 4 is 31.9 Å². The zero-order valence-electron chi connectivity index (χ0n) is 9.96. The van der Waals surface area contributed by atoms with Gasteiger partial charge in [-0.25, -0.2) is 0 Å². The monoisotopic (exact) mass is 364 g/mol. The molecule has 0 bridgehead atoms. The third-order valence-electron chi connectivity index (χ3n) is 3.47. The van der Waals surface area contributed by atoms with Gasteiger partial charge in [0.15, 0.2) is 4.67 Å². The molecule has 2 rings (SSSR count). The van der Waals surface area contributed by atoms with Gasteiger partial charge in [-0.15, -0.1) is 0 Å². The standard InChI is InChI=1S/C12H18Br2N2O/c1-16(9-4-2-8(15)3-5-9)7-10-6-11(13)12(14)17-10/h6,8-9H,2-5,7,15H2,1H3. The maximum absolute atomic E-state index is 5.92. The van der Waals surface area contributed by atoms with Crippen LogP contribution in [0, 0.1) is 0 Å². The van der Waals surface area contributed by atoms with Gasteiger partial charge < -0.3 is 10.2 Å². The van der Waals surface area contributed by atoms with Gasteiger partial charge in [-0.2, -0.15) is 0 Å². The summed E-state index contributed by atoms with van der Waals surface area (Å²) in [7, 11) is 2.16. The second kappa shape index (κ2) is 5.87. The van der Waals surface area contributed by atoms with Gasteiger partial charge in [0, 0.05) is 12.1 Å². The number of halogens is 2. The summed E-state index contributed by atoms with van der Waals surface area (Å²) in [5.74, 6) is 0.987. The Bertz CT molecular complexity index is 353. The number of nitrogens with two attached hydrogens (primary N) is 1. The Morgan fingerprint density at radius 3 is 2.53 bits per heavy atom. The van der Waals surface area contributed by atoms with Crippen LogP contribution in [-0.2, 0) is 6.54 Å². The molecular formula is C12H18Br2N2O. The van der Waals surface area contributed by atoms with Gasteiger partial charge in [-0.1, -0.05) is 0 Å². The lowest BCUT2D eigenvalue weighted by Gasteiger charge is -2.32. The van der Waals surface area contributed by atoms with Crippen LogP contribution < -0.4 is 5.73 Å². The lowest BCUT2D eigenvalue weighted by molar-refractivity contribution is 0.165. The first-order chi connectivity index (χ1) is 8.06. The van der Waals surface area contributed by atoms with Crippen molar-refractivity contribution < 1.29 is 4.42 Å². The maximum Gasteiger partial charge on any atom is 0.183 e. The summed E-state index contributed by atoms with van der Waals surface area (Å²) in [5, 5.41) is 0. The van der Waals surface area contributed by atoms with E-state index in [2.05, 4.69) is 43.8 Å². The largest absolute Gasteiger partial charge is 0.452 e. The molecule has 0 atom stereocenters. The average molecular weight is 366 g/mol. The first kappa shape index (κ1) is 13.6. The smallest absolute Gasteiger partial charge is 0.183 e. The van der Waals surface area contributed by atoms with E-state index in [-0.39, 0.29) is 0 Å². The van der Waals surface area contributed by atoms with Gasteiger partial charge in [0.25, 0.3) is 0 Å². The molecule has 1 saturated carbocycles. The molecule has 0 saturated heterocycles. The van der Waals surface area contributed by atoms with Gasteiger partial charge in [0.2, 0.25) is 0 Å². The van der Waals surface area contributed by atoms with E-state index in [1.54, 1.807) is 0 Å². The summed E-state index contributed by atoms with van der Waals surface area (Å²) in [6.45, 7) is 0.851. The second-order valence-electron chi connectivity index (χ2n) is 4.82. The van der Waals surface area contributed by atoms with Crippen LogP contribution in [0.1, 0.15) is 31.4 Å².